The highest BCUT2D eigenvalue weighted by atomic mass is 79.9. The van der Waals surface area contributed by atoms with E-state index in [1.165, 1.54) is 0 Å². The lowest BCUT2D eigenvalue weighted by molar-refractivity contribution is 0.928. The van der Waals surface area contributed by atoms with Crippen LogP contribution in [0.15, 0.2) is 6.20 Å². The van der Waals surface area contributed by atoms with Gasteiger partial charge in [0.25, 0.3) is 0 Å². The van der Waals surface area contributed by atoms with Crippen LogP contribution in [0.25, 0.3) is 0 Å². The van der Waals surface area contributed by atoms with E-state index >= 15 is 0 Å². The first kappa shape index (κ1) is 6.62. The zero-order valence-corrected chi connectivity index (χ0v) is 5.59. The summed E-state index contributed by atoms with van der Waals surface area (Å²) in [7, 11) is 0. The molecule has 0 atom stereocenters. The molecule has 0 unspecified atom stereocenters. The third kappa shape index (κ3) is 1.68. The van der Waals surface area contributed by atoms with Crippen LogP contribution in [0.4, 0.5) is 0 Å². The van der Waals surface area contributed by atoms with E-state index in [-0.39, 0.29) is 17.0 Å². The molecule has 0 fully saturated rings. The predicted molar refractivity (Wildman–Crippen MR) is 31.4 cm³/mol. The molecule has 0 aliphatic carbocycles. The van der Waals surface area contributed by atoms with E-state index in [0.29, 0.717) is 0 Å². The fraction of sp³-hybridized carbons (Fsp3) is 0.333. The van der Waals surface area contributed by atoms with Crippen LogP contribution in [0.5, 0.6) is 0 Å². The molecule has 0 aliphatic heterocycles. The number of hydrogen-bond donors (Lipinski definition) is 1. The number of aryl methyl sites for hydroxylation is 1. The molecule has 0 saturated carbocycles. The smallest absolute Gasteiger partial charge is 0.0793 e. The van der Waals surface area contributed by atoms with Crippen LogP contribution in [0, 0.1) is 6.92 Å². The van der Waals surface area contributed by atoms with Crippen molar-refractivity contribution in [2.24, 2.45) is 0 Å². The minimum absolute atomic E-state index is 0. The second-order valence-corrected chi connectivity index (χ2v) is 1.11. The standard InChI is InChI=1S/C3H5N3.BrH/c1-3-2-4-6-5-3;/h2H,1H3,(H,4,5,6);1H. The average molecular weight is 164 g/mol. The summed E-state index contributed by atoms with van der Waals surface area (Å²) in [6.07, 6.45) is 1.74. The molecule has 4 heteroatoms. The van der Waals surface area contributed by atoms with E-state index in [0.717, 1.165) is 5.69 Å². The van der Waals surface area contributed by atoms with Crippen molar-refractivity contribution in [2.45, 2.75) is 6.92 Å². The first-order valence-electron chi connectivity index (χ1n) is 1.72. The highest BCUT2D eigenvalue weighted by Gasteiger charge is 1.76. The van der Waals surface area contributed by atoms with Crippen molar-refractivity contribution < 1.29 is 0 Å². The molecule has 0 amide bonds. The van der Waals surface area contributed by atoms with Crippen molar-refractivity contribution in [2.75, 3.05) is 0 Å². The van der Waals surface area contributed by atoms with Crippen molar-refractivity contribution in [1.82, 2.24) is 15.4 Å². The van der Waals surface area contributed by atoms with Crippen LogP contribution in [-0.2, 0) is 0 Å². The van der Waals surface area contributed by atoms with Gasteiger partial charge in [-0.1, -0.05) is 5.21 Å². The second kappa shape index (κ2) is 2.74. The summed E-state index contributed by atoms with van der Waals surface area (Å²) in [5.74, 6) is 0. The summed E-state index contributed by atoms with van der Waals surface area (Å²) in [5.41, 5.74) is 0.926. The van der Waals surface area contributed by atoms with Crippen LogP contribution in [-0.4, -0.2) is 15.4 Å². The van der Waals surface area contributed by atoms with Gasteiger partial charge in [-0.15, -0.1) is 22.1 Å². The van der Waals surface area contributed by atoms with Crippen molar-refractivity contribution >= 4 is 17.0 Å². The molecule has 0 aromatic carbocycles. The molecule has 0 radical (unpaired) electrons. The number of rotatable bonds is 0. The topological polar surface area (TPSA) is 41.6 Å². The summed E-state index contributed by atoms with van der Waals surface area (Å²) < 4.78 is 0. The summed E-state index contributed by atoms with van der Waals surface area (Å²) >= 11 is 0. The van der Waals surface area contributed by atoms with E-state index in [2.05, 4.69) is 15.4 Å². The Kier molecular flexibility index (Phi) is 2.59. The van der Waals surface area contributed by atoms with Crippen LogP contribution in [0.2, 0.25) is 0 Å². The van der Waals surface area contributed by atoms with Crippen molar-refractivity contribution in [1.29, 1.82) is 0 Å². The Labute approximate surface area is 51.9 Å². The van der Waals surface area contributed by atoms with Crippen LogP contribution >= 0.6 is 17.0 Å². The van der Waals surface area contributed by atoms with Gasteiger partial charge in [0.2, 0.25) is 0 Å². The molecule has 1 rings (SSSR count). The third-order valence-electron chi connectivity index (χ3n) is 0.539. The molecule has 0 saturated heterocycles. The maximum Gasteiger partial charge on any atom is 0.0793 e. The van der Waals surface area contributed by atoms with Gasteiger partial charge < -0.3 is 0 Å². The van der Waals surface area contributed by atoms with Crippen LogP contribution in [0.3, 0.4) is 0 Å². The highest BCUT2D eigenvalue weighted by Crippen LogP contribution is 1.77. The van der Waals surface area contributed by atoms with Crippen molar-refractivity contribution in [3.63, 3.8) is 0 Å². The lowest BCUT2D eigenvalue weighted by Crippen LogP contribution is -1.66. The largest absolute Gasteiger partial charge is 0.265 e. The Balaban J connectivity index is 0.000000360. The zero-order valence-electron chi connectivity index (χ0n) is 3.88. The zero-order chi connectivity index (χ0) is 4.41. The fourth-order valence-electron chi connectivity index (χ4n) is 0.259. The van der Waals surface area contributed by atoms with E-state index in [1.54, 1.807) is 6.20 Å². The maximum atomic E-state index is 3.61. The van der Waals surface area contributed by atoms with E-state index < -0.39 is 0 Å². The quantitative estimate of drug-likeness (QED) is 0.612. The van der Waals surface area contributed by atoms with Gasteiger partial charge in [-0.3, -0.25) is 5.10 Å². The summed E-state index contributed by atoms with van der Waals surface area (Å²) in [4.78, 5) is 0. The lowest BCUT2D eigenvalue weighted by Gasteiger charge is -1.61. The van der Waals surface area contributed by atoms with Gasteiger partial charge in [-0.05, 0) is 6.92 Å². The number of aromatic amines is 1. The number of nitrogens with one attached hydrogen (secondary N) is 1. The number of aromatic nitrogens is 3. The number of halogens is 1. The van der Waals surface area contributed by atoms with Gasteiger partial charge in [0, 0.05) is 6.20 Å². The first-order chi connectivity index (χ1) is 2.89. The Morgan fingerprint density at radius 3 is 2.57 bits per heavy atom. The summed E-state index contributed by atoms with van der Waals surface area (Å²) in [5, 5.41) is 9.63. The van der Waals surface area contributed by atoms with E-state index in [4.69, 9.17) is 0 Å². The van der Waals surface area contributed by atoms with Crippen LogP contribution in [0.1, 0.15) is 5.69 Å². The average Bonchev–Trinajstić information content (AvgIpc) is 1.86. The minimum Gasteiger partial charge on any atom is -0.265 e. The Morgan fingerprint density at radius 1 is 1.71 bits per heavy atom. The lowest BCUT2D eigenvalue weighted by atomic mass is 10.6. The number of nitrogens with zero attached hydrogens (tertiary/aromatic N) is 2. The predicted octanol–water partition coefficient (Wildman–Crippen LogP) is 0.691. The Morgan fingerprint density at radius 2 is 2.43 bits per heavy atom. The molecule has 3 nitrogen and oxygen atoms in total. The van der Waals surface area contributed by atoms with Gasteiger partial charge in [-0.25, -0.2) is 0 Å². The third-order valence-corrected chi connectivity index (χ3v) is 0.539. The minimum atomic E-state index is 0. The molecule has 0 aliphatic rings. The van der Waals surface area contributed by atoms with Gasteiger partial charge in [-0.2, -0.15) is 0 Å². The van der Waals surface area contributed by atoms with Gasteiger partial charge in [0.05, 0.1) is 5.69 Å². The molecule has 1 heterocycles. The second-order valence-electron chi connectivity index (χ2n) is 1.11. The van der Waals surface area contributed by atoms with E-state index in [9.17, 15) is 0 Å². The highest BCUT2D eigenvalue weighted by molar-refractivity contribution is 8.93. The molecule has 40 valence electrons. The number of H-pyrrole nitrogens is 1. The molecule has 0 spiro atoms. The molecular formula is C3H6BrN3. The first-order valence-corrected chi connectivity index (χ1v) is 1.72. The fourth-order valence-corrected chi connectivity index (χ4v) is 0.259. The van der Waals surface area contributed by atoms with Crippen molar-refractivity contribution in [3.8, 4) is 0 Å². The molecule has 7 heavy (non-hydrogen) atoms. The summed E-state index contributed by atoms with van der Waals surface area (Å²) in [6, 6.07) is 0. The normalized spacial score (nSPS) is 7.57. The van der Waals surface area contributed by atoms with Gasteiger partial charge in [0.1, 0.15) is 0 Å². The number of hydrogen-bond acceptors (Lipinski definition) is 2. The van der Waals surface area contributed by atoms with E-state index in [1.807, 2.05) is 6.92 Å². The maximum absolute atomic E-state index is 3.61. The Hall–Kier alpha value is -0.380. The summed E-state index contributed by atoms with van der Waals surface area (Å²) in [6.45, 7) is 1.88. The Bertz CT molecular complexity index is 114. The molecular weight excluding hydrogens is 158 g/mol. The molecule has 1 aromatic rings. The van der Waals surface area contributed by atoms with Crippen LogP contribution < -0.4 is 0 Å². The SMILES string of the molecule is Br.Cc1c[nH]nn1. The molecule has 1 aromatic heterocycles. The van der Waals surface area contributed by atoms with Gasteiger partial charge in [0.15, 0.2) is 0 Å². The van der Waals surface area contributed by atoms with Gasteiger partial charge >= 0.3 is 0 Å². The van der Waals surface area contributed by atoms with Crippen molar-refractivity contribution in [3.05, 3.63) is 11.9 Å². The molecule has 1 N–H and O–H groups in total. The monoisotopic (exact) mass is 163 g/mol. The molecule has 0 bridgehead atoms.